The van der Waals surface area contributed by atoms with Gasteiger partial charge in [-0.05, 0) is 67.7 Å². The third-order valence-electron chi connectivity index (χ3n) is 6.29. The predicted octanol–water partition coefficient (Wildman–Crippen LogP) is 4.70. The van der Waals surface area contributed by atoms with Crippen molar-refractivity contribution in [3.63, 3.8) is 0 Å². The van der Waals surface area contributed by atoms with E-state index in [9.17, 15) is 9.18 Å². The number of amides is 1. The molecule has 3 nitrogen and oxygen atoms in total. The van der Waals surface area contributed by atoms with E-state index in [1.54, 1.807) is 0 Å². The van der Waals surface area contributed by atoms with Crippen LogP contribution in [-0.2, 0) is 4.79 Å². The first-order valence-electron chi connectivity index (χ1n) is 9.46. The largest absolute Gasteiger partial charge is 0.273 e. The number of hydrazine groups is 1. The number of nitrogens with zero attached hydrogens (tertiary/aromatic N) is 2. The van der Waals surface area contributed by atoms with Crippen molar-refractivity contribution in [2.75, 3.05) is 0 Å². The summed E-state index contributed by atoms with van der Waals surface area (Å²) in [4.78, 5) is 12.9. The van der Waals surface area contributed by atoms with E-state index in [1.807, 2.05) is 17.1 Å². The molecule has 1 amide bonds. The molecule has 2 aromatic carbocycles. The molecule has 0 aromatic heterocycles. The molecule has 3 aliphatic rings. The topological polar surface area (TPSA) is 23.6 Å². The summed E-state index contributed by atoms with van der Waals surface area (Å²) in [7, 11) is 0. The maximum absolute atomic E-state index is 13.6. The third-order valence-corrected chi connectivity index (χ3v) is 6.29. The Hall–Kier alpha value is -2.46. The molecule has 27 heavy (non-hydrogen) atoms. The maximum atomic E-state index is 13.6. The van der Waals surface area contributed by atoms with Crippen LogP contribution < -0.4 is 0 Å². The average molecular weight is 362 g/mol. The van der Waals surface area contributed by atoms with Crippen molar-refractivity contribution in [3.8, 4) is 0 Å². The minimum atomic E-state index is -0.432. The van der Waals surface area contributed by atoms with Gasteiger partial charge in [0, 0.05) is 12.0 Å². The second-order valence-electron chi connectivity index (χ2n) is 8.88. The van der Waals surface area contributed by atoms with Crippen LogP contribution >= 0.6 is 0 Å². The Morgan fingerprint density at radius 1 is 1.00 bits per heavy atom. The van der Waals surface area contributed by atoms with Gasteiger partial charge >= 0.3 is 0 Å². The van der Waals surface area contributed by atoms with E-state index in [0.29, 0.717) is 6.42 Å². The number of halogens is 1. The number of rotatable bonds is 1. The molecule has 0 radical (unpaired) electrons. The highest BCUT2D eigenvalue weighted by Crippen LogP contribution is 2.61. The SMILES string of the molecule is CC1(C)CC(=O)N2N1C1C(=C(c3ccc(F)cc3)c3ccccc31)C2(C)C. The molecular weight excluding hydrogens is 339 g/mol. The quantitative estimate of drug-likeness (QED) is 0.734. The molecule has 1 aliphatic carbocycles. The lowest BCUT2D eigenvalue weighted by Crippen LogP contribution is -2.49. The maximum Gasteiger partial charge on any atom is 0.239 e. The molecule has 0 spiro atoms. The van der Waals surface area contributed by atoms with Crippen LogP contribution in [0, 0.1) is 5.82 Å². The molecule has 2 heterocycles. The van der Waals surface area contributed by atoms with E-state index in [2.05, 4.69) is 57.0 Å². The summed E-state index contributed by atoms with van der Waals surface area (Å²) in [5.41, 5.74) is 5.11. The zero-order valence-corrected chi connectivity index (χ0v) is 16.1. The number of fused-ring (bicyclic) bond motifs is 5. The van der Waals surface area contributed by atoms with Gasteiger partial charge in [0.1, 0.15) is 5.82 Å². The summed E-state index contributed by atoms with van der Waals surface area (Å²) in [5, 5.41) is 4.24. The molecule has 4 heteroatoms. The van der Waals surface area contributed by atoms with Crippen molar-refractivity contribution in [3.05, 3.63) is 76.6 Å². The van der Waals surface area contributed by atoms with Gasteiger partial charge in [0.25, 0.3) is 0 Å². The number of benzene rings is 2. The van der Waals surface area contributed by atoms with Gasteiger partial charge in [-0.1, -0.05) is 36.4 Å². The Bertz CT molecular complexity index is 1000. The van der Waals surface area contributed by atoms with E-state index in [-0.39, 0.29) is 23.3 Å². The molecule has 0 N–H and O–H groups in total. The number of carbonyl (C=O) groups is 1. The Morgan fingerprint density at radius 3 is 2.37 bits per heavy atom. The Labute approximate surface area is 159 Å². The van der Waals surface area contributed by atoms with Crippen LogP contribution in [0.1, 0.15) is 56.8 Å². The van der Waals surface area contributed by atoms with Crippen molar-refractivity contribution in [1.82, 2.24) is 10.0 Å². The lowest BCUT2D eigenvalue weighted by Gasteiger charge is -2.38. The van der Waals surface area contributed by atoms with Gasteiger partial charge in [0.2, 0.25) is 5.91 Å². The van der Waals surface area contributed by atoms with E-state index in [1.165, 1.54) is 28.8 Å². The molecule has 138 valence electrons. The number of carbonyl (C=O) groups excluding carboxylic acids is 1. The van der Waals surface area contributed by atoms with Crippen LogP contribution in [0.15, 0.2) is 54.1 Å². The molecule has 2 aromatic rings. The summed E-state index contributed by atoms with van der Waals surface area (Å²) >= 11 is 0. The van der Waals surface area contributed by atoms with Crippen LogP contribution in [0.2, 0.25) is 0 Å². The third kappa shape index (κ3) is 2.02. The second kappa shape index (κ2) is 5.08. The van der Waals surface area contributed by atoms with Crippen molar-refractivity contribution in [1.29, 1.82) is 0 Å². The minimum Gasteiger partial charge on any atom is -0.273 e. The first-order chi connectivity index (χ1) is 12.7. The van der Waals surface area contributed by atoms with Gasteiger partial charge in [0.05, 0.1) is 11.6 Å². The van der Waals surface area contributed by atoms with Crippen LogP contribution in [0.3, 0.4) is 0 Å². The molecule has 0 saturated carbocycles. The Balaban J connectivity index is 1.83. The summed E-state index contributed by atoms with van der Waals surface area (Å²) in [6.07, 6.45) is 0.522. The fourth-order valence-electron chi connectivity index (χ4n) is 5.30. The summed E-state index contributed by atoms with van der Waals surface area (Å²) in [5.74, 6) is -0.0682. The highest BCUT2D eigenvalue weighted by molar-refractivity contribution is 5.93. The Morgan fingerprint density at radius 2 is 1.67 bits per heavy atom. The van der Waals surface area contributed by atoms with Crippen molar-refractivity contribution in [2.24, 2.45) is 0 Å². The van der Waals surface area contributed by atoms with Crippen molar-refractivity contribution >= 4 is 11.5 Å². The lowest BCUT2D eigenvalue weighted by molar-refractivity contribution is -0.145. The second-order valence-corrected chi connectivity index (χ2v) is 8.88. The fraction of sp³-hybridized carbons (Fsp3) is 0.348. The van der Waals surface area contributed by atoms with Gasteiger partial charge in [-0.15, -0.1) is 0 Å². The number of hydrogen-bond donors (Lipinski definition) is 0. The first kappa shape index (κ1) is 16.7. The van der Waals surface area contributed by atoms with E-state index in [4.69, 9.17) is 0 Å². The van der Waals surface area contributed by atoms with Crippen molar-refractivity contribution < 1.29 is 9.18 Å². The number of hydrogen-bond acceptors (Lipinski definition) is 2. The molecule has 5 rings (SSSR count). The highest BCUT2D eigenvalue weighted by atomic mass is 19.1. The van der Waals surface area contributed by atoms with Crippen molar-refractivity contribution in [2.45, 2.75) is 51.2 Å². The summed E-state index contributed by atoms with van der Waals surface area (Å²) in [6.45, 7) is 8.54. The summed E-state index contributed by atoms with van der Waals surface area (Å²) < 4.78 is 13.6. The normalized spacial score (nSPS) is 25.0. The summed E-state index contributed by atoms with van der Waals surface area (Å²) in [6, 6.07) is 15.2. The van der Waals surface area contributed by atoms with Gasteiger partial charge in [-0.3, -0.25) is 9.80 Å². The van der Waals surface area contributed by atoms with Gasteiger partial charge in [0.15, 0.2) is 0 Å². The standard InChI is InChI=1S/C23H23FN2O/c1-22(2)13-18(27)25-23(3,4)20-19(14-9-11-15(24)12-10-14)16-7-5-6-8-17(16)21(20)26(22)25/h5-12,21H,13H2,1-4H3. The highest BCUT2D eigenvalue weighted by Gasteiger charge is 2.63. The fourth-order valence-corrected chi connectivity index (χ4v) is 5.30. The molecule has 2 aliphatic heterocycles. The zero-order valence-electron chi connectivity index (χ0n) is 16.1. The Kier molecular flexibility index (Phi) is 3.14. The average Bonchev–Trinajstić information content (AvgIpc) is 3.15. The smallest absolute Gasteiger partial charge is 0.239 e. The van der Waals surface area contributed by atoms with Gasteiger partial charge in [-0.2, -0.15) is 0 Å². The molecule has 2 saturated heterocycles. The van der Waals surface area contributed by atoms with Crippen LogP contribution in [-0.4, -0.2) is 27.0 Å². The van der Waals surface area contributed by atoms with Gasteiger partial charge in [-0.25, -0.2) is 9.40 Å². The molecule has 0 bridgehead atoms. The molecular formula is C23H23FN2O. The lowest BCUT2D eigenvalue weighted by atomic mass is 9.85. The molecule has 1 unspecified atom stereocenters. The van der Waals surface area contributed by atoms with Gasteiger partial charge < -0.3 is 0 Å². The van der Waals surface area contributed by atoms with E-state index >= 15 is 0 Å². The van der Waals surface area contributed by atoms with E-state index in [0.717, 1.165) is 11.1 Å². The predicted molar refractivity (Wildman–Crippen MR) is 103 cm³/mol. The van der Waals surface area contributed by atoms with E-state index < -0.39 is 5.54 Å². The minimum absolute atomic E-state index is 0.0395. The first-order valence-corrected chi connectivity index (χ1v) is 9.46. The van der Waals surface area contributed by atoms with Crippen LogP contribution in [0.25, 0.3) is 5.57 Å². The zero-order chi connectivity index (χ0) is 19.1. The van der Waals surface area contributed by atoms with Crippen LogP contribution in [0.5, 0.6) is 0 Å². The molecule has 2 fully saturated rings. The molecule has 1 atom stereocenters. The monoisotopic (exact) mass is 362 g/mol. The van der Waals surface area contributed by atoms with Crippen LogP contribution in [0.4, 0.5) is 4.39 Å².